The zero-order valence-corrected chi connectivity index (χ0v) is 22.5. The number of likely N-dealkylation sites (tertiary alicyclic amines) is 1. The van der Waals surface area contributed by atoms with Crippen molar-refractivity contribution in [2.75, 3.05) is 45.1 Å². The molecule has 0 unspecified atom stereocenters. The fourth-order valence-electron chi connectivity index (χ4n) is 4.72. The van der Waals surface area contributed by atoms with E-state index in [2.05, 4.69) is 17.1 Å². The van der Waals surface area contributed by atoms with E-state index in [9.17, 15) is 13.2 Å². The van der Waals surface area contributed by atoms with Crippen LogP contribution in [-0.2, 0) is 19.6 Å². The van der Waals surface area contributed by atoms with Gasteiger partial charge in [0.1, 0.15) is 0 Å². The molecule has 0 N–H and O–H groups in total. The number of carbonyl (C=O) groups is 1. The number of morpholine rings is 1. The summed E-state index contributed by atoms with van der Waals surface area (Å²) in [6.07, 6.45) is 2.09. The van der Waals surface area contributed by atoms with Gasteiger partial charge in [-0.2, -0.15) is 4.31 Å². The lowest BCUT2D eigenvalue weighted by molar-refractivity contribution is -0.127. The van der Waals surface area contributed by atoms with E-state index in [1.54, 1.807) is 18.2 Å². The third kappa shape index (κ3) is 5.59. The molecule has 1 aromatic heterocycles. The minimum Gasteiger partial charge on any atom is -0.379 e. The minimum absolute atomic E-state index is 0.101. The molecule has 2 saturated heterocycles. The van der Waals surface area contributed by atoms with Crippen LogP contribution in [0.25, 0.3) is 11.4 Å². The summed E-state index contributed by atoms with van der Waals surface area (Å²) < 4.78 is 35.4. The van der Waals surface area contributed by atoms with Crippen molar-refractivity contribution in [2.24, 2.45) is 0 Å². The molecule has 2 aromatic carbocycles. The molecule has 0 aliphatic carbocycles. The first kappa shape index (κ1) is 25.9. The number of hydrogen-bond acceptors (Lipinski definition) is 7. The van der Waals surface area contributed by atoms with Crippen molar-refractivity contribution in [3.05, 3.63) is 60.2 Å². The molecule has 2 fully saturated rings. The number of rotatable bonds is 8. The summed E-state index contributed by atoms with van der Waals surface area (Å²) in [6.45, 7) is 5.11. The van der Waals surface area contributed by atoms with Crippen molar-refractivity contribution in [3.8, 4) is 11.4 Å². The van der Waals surface area contributed by atoms with Crippen molar-refractivity contribution in [1.82, 2.24) is 24.0 Å². The lowest BCUT2D eigenvalue weighted by Crippen LogP contribution is -2.40. The van der Waals surface area contributed by atoms with E-state index in [1.807, 2.05) is 45.9 Å². The van der Waals surface area contributed by atoms with Gasteiger partial charge in [-0.05, 0) is 37.5 Å². The summed E-state index contributed by atoms with van der Waals surface area (Å²) >= 11 is 1.37. The van der Waals surface area contributed by atoms with Crippen molar-refractivity contribution in [2.45, 2.75) is 35.9 Å². The van der Waals surface area contributed by atoms with Crippen LogP contribution in [0.1, 0.15) is 31.4 Å². The van der Waals surface area contributed by atoms with Gasteiger partial charge >= 0.3 is 0 Å². The highest BCUT2D eigenvalue weighted by Crippen LogP contribution is 2.32. The van der Waals surface area contributed by atoms with Gasteiger partial charge in [0.2, 0.25) is 15.9 Å². The number of benzene rings is 2. The predicted octanol–water partition coefficient (Wildman–Crippen LogP) is 3.29. The Morgan fingerprint density at radius 1 is 1.00 bits per heavy atom. The van der Waals surface area contributed by atoms with Gasteiger partial charge in [-0.1, -0.05) is 54.2 Å². The zero-order valence-electron chi connectivity index (χ0n) is 20.8. The average Bonchev–Trinajstić information content (AvgIpc) is 3.63. The van der Waals surface area contributed by atoms with Crippen LogP contribution in [0, 0.1) is 0 Å². The molecule has 0 spiro atoms. The minimum atomic E-state index is -3.66. The first-order chi connectivity index (χ1) is 17.9. The molecule has 0 bridgehead atoms. The second-order valence-electron chi connectivity index (χ2n) is 9.18. The molecule has 11 heteroatoms. The smallest absolute Gasteiger partial charge is 0.243 e. The quantitative estimate of drug-likeness (QED) is 0.404. The van der Waals surface area contributed by atoms with Crippen molar-refractivity contribution < 1.29 is 17.9 Å². The van der Waals surface area contributed by atoms with Gasteiger partial charge in [-0.3, -0.25) is 9.36 Å². The number of hydrogen-bond donors (Lipinski definition) is 0. The lowest BCUT2D eigenvalue weighted by atomic mass is 10.1. The monoisotopic (exact) mass is 541 g/mol. The standard InChI is InChI=1S/C26H31N5O4S2/c1-20(21-8-3-2-4-9-21)31-25(27-28-26(31)36-19-24(32)29-12-5-6-13-29)22-10-7-11-23(18-22)37(33,34)30-14-16-35-17-15-30/h2-4,7-11,18,20H,5-6,12-17,19H2,1H3/t20-/m0/s1. The molecule has 196 valence electrons. The van der Waals surface area contributed by atoms with E-state index in [0.717, 1.165) is 31.5 Å². The van der Waals surface area contributed by atoms with Crippen LogP contribution in [0.3, 0.4) is 0 Å². The summed E-state index contributed by atoms with van der Waals surface area (Å²) in [7, 11) is -3.66. The Balaban J connectivity index is 1.49. The van der Waals surface area contributed by atoms with Crippen LogP contribution in [0.2, 0.25) is 0 Å². The third-order valence-corrected chi connectivity index (χ3v) is 9.64. The van der Waals surface area contributed by atoms with E-state index in [4.69, 9.17) is 4.74 Å². The third-order valence-electron chi connectivity index (χ3n) is 6.82. The Morgan fingerprint density at radius 2 is 1.73 bits per heavy atom. The molecule has 3 aromatic rings. The highest BCUT2D eigenvalue weighted by atomic mass is 32.2. The largest absolute Gasteiger partial charge is 0.379 e. The topological polar surface area (TPSA) is 97.6 Å². The molecule has 3 heterocycles. The first-order valence-corrected chi connectivity index (χ1v) is 15.0. The Bertz CT molecular complexity index is 1330. The van der Waals surface area contributed by atoms with Crippen LogP contribution < -0.4 is 0 Å². The SMILES string of the molecule is C[C@@H](c1ccccc1)n1c(SCC(=O)N2CCCC2)nnc1-c1cccc(S(=O)(=O)N2CCOCC2)c1. The zero-order chi connectivity index (χ0) is 25.8. The fourth-order valence-corrected chi connectivity index (χ4v) is 7.09. The van der Waals surface area contributed by atoms with Crippen molar-refractivity contribution in [3.63, 3.8) is 0 Å². The van der Waals surface area contributed by atoms with Crippen molar-refractivity contribution >= 4 is 27.7 Å². The van der Waals surface area contributed by atoms with Gasteiger partial charge in [0.05, 0.1) is 29.9 Å². The maximum absolute atomic E-state index is 13.3. The number of ether oxygens (including phenoxy) is 1. The molecule has 9 nitrogen and oxygen atoms in total. The number of aromatic nitrogens is 3. The van der Waals surface area contributed by atoms with Gasteiger partial charge in [-0.15, -0.1) is 10.2 Å². The Hall–Kier alpha value is -2.73. The molecule has 0 radical (unpaired) electrons. The van der Waals surface area contributed by atoms with Crippen LogP contribution >= 0.6 is 11.8 Å². The van der Waals surface area contributed by atoms with Crippen LogP contribution in [0.4, 0.5) is 0 Å². The average molecular weight is 542 g/mol. The van der Waals surface area contributed by atoms with E-state index in [0.29, 0.717) is 42.8 Å². The first-order valence-electron chi connectivity index (χ1n) is 12.5. The maximum atomic E-state index is 13.3. The molecule has 0 saturated carbocycles. The summed E-state index contributed by atoms with van der Waals surface area (Å²) in [5, 5.41) is 9.56. The highest BCUT2D eigenvalue weighted by Gasteiger charge is 2.28. The molecule has 1 amide bonds. The molecule has 5 rings (SSSR count). The number of nitrogens with zero attached hydrogens (tertiary/aromatic N) is 5. The van der Waals surface area contributed by atoms with Gasteiger partial charge in [-0.25, -0.2) is 8.42 Å². The molecule has 2 aliphatic rings. The van der Waals surface area contributed by atoms with E-state index in [-0.39, 0.29) is 22.6 Å². The summed E-state index contributed by atoms with van der Waals surface area (Å²) in [5.74, 6) is 0.946. The van der Waals surface area contributed by atoms with E-state index >= 15 is 0 Å². The van der Waals surface area contributed by atoms with E-state index < -0.39 is 10.0 Å². The Labute approximate surface area is 221 Å². The van der Waals surface area contributed by atoms with Crippen LogP contribution in [-0.4, -0.2) is 83.4 Å². The second-order valence-corrected chi connectivity index (χ2v) is 12.1. The van der Waals surface area contributed by atoms with Crippen LogP contribution in [0.5, 0.6) is 0 Å². The summed E-state index contributed by atoms with van der Waals surface area (Å²) in [4.78, 5) is 14.8. The normalized spacial score (nSPS) is 17.7. The summed E-state index contributed by atoms with van der Waals surface area (Å²) in [6, 6.07) is 16.7. The highest BCUT2D eigenvalue weighted by molar-refractivity contribution is 7.99. The number of amides is 1. The molecular formula is C26H31N5O4S2. The lowest BCUT2D eigenvalue weighted by Gasteiger charge is -2.26. The molecule has 37 heavy (non-hydrogen) atoms. The Kier molecular flexibility index (Phi) is 7.94. The summed E-state index contributed by atoms with van der Waals surface area (Å²) in [5.41, 5.74) is 1.72. The van der Waals surface area contributed by atoms with E-state index in [1.165, 1.54) is 16.1 Å². The van der Waals surface area contributed by atoms with Crippen LogP contribution in [0.15, 0.2) is 64.6 Å². The number of sulfonamides is 1. The van der Waals surface area contributed by atoms with Gasteiger partial charge in [0.15, 0.2) is 11.0 Å². The van der Waals surface area contributed by atoms with Crippen molar-refractivity contribution in [1.29, 1.82) is 0 Å². The Morgan fingerprint density at radius 3 is 2.46 bits per heavy atom. The van der Waals surface area contributed by atoms with Gasteiger partial charge in [0.25, 0.3) is 0 Å². The van der Waals surface area contributed by atoms with Gasteiger partial charge in [0, 0.05) is 31.7 Å². The molecular weight excluding hydrogens is 510 g/mol. The molecule has 2 aliphatic heterocycles. The molecule has 1 atom stereocenters. The number of thioether (sulfide) groups is 1. The predicted molar refractivity (Wildman–Crippen MR) is 142 cm³/mol. The fraction of sp³-hybridized carbons (Fsp3) is 0.423. The maximum Gasteiger partial charge on any atom is 0.243 e. The number of carbonyl (C=O) groups excluding carboxylic acids is 1. The second kappa shape index (κ2) is 11.3. The van der Waals surface area contributed by atoms with Gasteiger partial charge < -0.3 is 9.64 Å².